The molecule has 8 heteroatoms. The van der Waals surface area contributed by atoms with Gasteiger partial charge in [-0.25, -0.2) is 8.42 Å². The fourth-order valence-corrected chi connectivity index (χ4v) is 2.83. The van der Waals surface area contributed by atoms with Crippen LogP contribution in [0.25, 0.3) is 0 Å². The summed E-state index contributed by atoms with van der Waals surface area (Å²) < 4.78 is 25.9. The molecule has 19 heavy (non-hydrogen) atoms. The van der Waals surface area contributed by atoms with Crippen LogP contribution < -0.4 is 4.72 Å². The highest BCUT2D eigenvalue weighted by Gasteiger charge is 2.26. The number of carboxylic acid groups (broad SMARTS) is 1. The third-order valence-electron chi connectivity index (χ3n) is 2.38. The van der Waals surface area contributed by atoms with Crippen molar-refractivity contribution in [1.82, 2.24) is 4.72 Å². The Bertz CT molecular complexity index is 633. The smallest absolute Gasteiger partial charge is 0.324 e. The molecule has 0 bridgehead atoms. The van der Waals surface area contributed by atoms with Crippen LogP contribution >= 0.6 is 0 Å². The van der Waals surface area contributed by atoms with Crippen molar-refractivity contribution in [2.45, 2.75) is 17.9 Å². The number of sulfonamides is 1. The molecule has 0 aliphatic carbocycles. The molecule has 0 aliphatic heterocycles. The number of aryl methyl sites for hydroxylation is 1. The lowest BCUT2D eigenvalue weighted by atomic mass is 10.2. The van der Waals surface area contributed by atoms with E-state index in [0.29, 0.717) is 5.56 Å². The lowest BCUT2D eigenvalue weighted by Crippen LogP contribution is -2.43. The topological polar surface area (TPSA) is 127 Å². The molecule has 1 aromatic carbocycles. The van der Waals surface area contributed by atoms with E-state index in [4.69, 9.17) is 15.5 Å². The normalized spacial score (nSPS) is 12.7. The Morgan fingerprint density at radius 1 is 1.53 bits per heavy atom. The molecule has 0 aromatic heterocycles. The van der Waals surface area contributed by atoms with Crippen LogP contribution in [0.1, 0.15) is 11.1 Å². The maximum atomic E-state index is 12.0. The predicted molar refractivity (Wildman–Crippen MR) is 64.7 cm³/mol. The van der Waals surface area contributed by atoms with Crippen molar-refractivity contribution in [3.63, 3.8) is 0 Å². The summed E-state index contributed by atoms with van der Waals surface area (Å²) in [5.74, 6) is -1.49. The summed E-state index contributed by atoms with van der Waals surface area (Å²) in [5.41, 5.74) is 0.510. The number of hydrogen-bond donors (Lipinski definition) is 3. The summed E-state index contributed by atoms with van der Waals surface area (Å²) in [6.07, 6.45) is 0. The van der Waals surface area contributed by atoms with Crippen LogP contribution in [0.4, 0.5) is 0 Å². The standard InChI is InChI=1S/C11H12N2O5S/c1-7-2-3-8(5-12)4-10(7)19(17,18)13-9(6-14)11(15)16/h2-4,9,13-14H,6H2,1H3,(H,15,16)/t9-/m1/s1. The summed E-state index contributed by atoms with van der Waals surface area (Å²) in [7, 11) is -4.12. The van der Waals surface area contributed by atoms with E-state index >= 15 is 0 Å². The number of aliphatic carboxylic acids is 1. The predicted octanol–water partition coefficient (Wildman–Crippen LogP) is -0.410. The van der Waals surface area contributed by atoms with Crippen LogP contribution in [-0.4, -0.2) is 37.2 Å². The molecule has 1 atom stereocenters. The average Bonchev–Trinajstić information content (AvgIpc) is 2.36. The summed E-state index contributed by atoms with van der Waals surface area (Å²) in [5, 5.41) is 26.3. The van der Waals surface area contributed by atoms with Gasteiger partial charge in [-0.1, -0.05) is 6.07 Å². The molecular formula is C11H12N2O5S. The number of rotatable bonds is 5. The number of nitriles is 1. The monoisotopic (exact) mass is 284 g/mol. The van der Waals surface area contributed by atoms with Gasteiger partial charge in [0.05, 0.1) is 23.1 Å². The van der Waals surface area contributed by atoms with Crippen LogP contribution in [0, 0.1) is 18.3 Å². The minimum Gasteiger partial charge on any atom is -0.480 e. The zero-order valence-electron chi connectivity index (χ0n) is 9.99. The van der Waals surface area contributed by atoms with Gasteiger partial charge in [0.15, 0.2) is 0 Å². The maximum Gasteiger partial charge on any atom is 0.324 e. The Morgan fingerprint density at radius 3 is 2.63 bits per heavy atom. The lowest BCUT2D eigenvalue weighted by molar-refractivity contribution is -0.139. The molecule has 3 N–H and O–H groups in total. The molecule has 0 saturated heterocycles. The van der Waals surface area contributed by atoms with Crippen molar-refractivity contribution in [3.8, 4) is 6.07 Å². The van der Waals surface area contributed by atoms with Crippen LogP contribution in [0.15, 0.2) is 23.1 Å². The average molecular weight is 284 g/mol. The van der Waals surface area contributed by atoms with Gasteiger partial charge in [-0.05, 0) is 24.6 Å². The molecule has 0 saturated carbocycles. The van der Waals surface area contributed by atoms with E-state index in [2.05, 4.69) is 0 Å². The van der Waals surface area contributed by atoms with E-state index in [1.54, 1.807) is 6.07 Å². The first-order valence-electron chi connectivity index (χ1n) is 5.18. The Balaban J connectivity index is 3.21. The highest BCUT2D eigenvalue weighted by atomic mass is 32.2. The number of aliphatic hydroxyl groups is 1. The van der Waals surface area contributed by atoms with Gasteiger partial charge in [-0.2, -0.15) is 9.98 Å². The molecule has 0 aliphatic rings. The number of benzene rings is 1. The number of carbonyl (C=O) groups is 1. The number of nitrogens with one attached hydrogen (secondary N) is 1. The summed E-state index contributed by atoms with van der Waals surface area (Å²) >= 11 is 0. The van der Waals surface area contributed by atoms with Crippen LogP contribution in [-0.2, 0) is 14.8 Å². The van der Waals surface area contributed by atoms with E-state index in [1.807, 2.05) is 4.72 Å². The van der Waals surface area contributed by atoms with Gasteiger partial charge < -0.3 is 10.2 Å². The van der Waals surface area contributed by atoms with Crippen molar-refractivity contribution >= 4 is 16.0 Å². The van der Waals surface area contributed by atoms with Gasteiger partial charge in [-0.15, -0.1) is 0 Å². The zero-order valence-corrected chi connectivity index (χ0v) is 10.8. The van der Waals surface area contributed by atoms with E-state index in [1.165, 1.54) is 19.1 Å². The molecular weight excluding hydrogens is 272 g/mol. The minimum atomic E-state index is -4.12. The SMILES string of the molecule is Cc1ccc(C#N)cc1S(=O)(=O)N[C@H](CO)C(=O)O. The lowest BCUT2D eigenvalue weighted by Gasteiger charge is -2.13. The first-order chi connectivity index (χ1) is 8.81. The quantitative estimate of drug-likeness (QED) is 0.674. The third kappa shape index (κ3) is 3.51. The molecule has 0 heterocycles. The maximum absolute atomic E-state index is 12.0. The fourth-order valence-electron chi connectivity index (χ4n) is 1.38. The van der Waals surface area contributed by atoms with E-state index in [-0.39, 0.29) is 10.5 Å². The van der Waals surface area contributed by atoms with Crippen LogP contribution in [0.5, 0.6) is 0 Å². The van der Waals surface area contributed by atoms with Crippen molar-refractivity contribution in [2.24, 2.45) is 0 Å². The van der Waals surface area contributed by atoms with Crippen molar-refractivity contribution in [3.05, 3.63) is 29.3 Å². The van der Waals surface area contributed by atoms with Crippen molar-refractivity contribution < 1.29 is 23.4 Å². The summed E-state index contributed by atoms with van der Waals surface area (Å²) in [6, 6.07) is 4.22. The Kier molecular flexibility index (Phi) is 4.61. The van der Waals surface area contributed by atoms with Gasteiger partial charge in [0, 0.05) is 0 Å². The van der Waals surface area contributed by atoms with Gasteiger partial charge in [-0.3, -0.25) is 4.79 Å². The number of hydrogen-bond acceptors (Lipinski definition) is 5. The highest BCUT2D eigenvalue weighted by molar-refractivity contribution is 7.89. The minimum absolute atomic E-state index is 0.141. The zero-order chi connectivity index (χ0) is 14.6. The second-order valence-corrected chi connectivity index (χ2v) is 5.47. The molecule has 0 unspecified atom stereocenters. The molecule has 0 fully saturated rings. The second-order valence-electron chi connectivity index (χ2n) is 3.79. The van der Waals surface area contributed by atoms with Gasteiger partial charge >= 0.3 is 5.97 Å². The number of carboxylic acids is 1. The molecule has 0 radical (unpaired) electrons. The van der Waals surface area contributed by atoms with Gasteiger partial charge in [0.2, 0.25) is 10.0 Å². The van der Waals surface area contributed by atoms with Crippen LogP contribution in [0.3, 0.4) is 0 Å². The van der Waals surface area contributed by atoms with Gasteiger partial charge in [0.1, 0.15) is 6.04 Å². The third-order valence-corrected chi connectivity index (χ3v) is 4.00. The molecule has 1 aromatic rings. The fraction of sp³-hybridized carbons (Fsp3) is 0.273. The number of aliphatic hydroxyl groups excluding tert-OH is 1. The van der Waals surface area contributed by atoms with E-state index < -0.39 is 28.6 Å². The van der Waals surface area contributed by atoms with Crippen molar-refractivity contribution in [2.75, 3.05) is 6.61 Å². The molecule has 102 valence electrons. The van der Waals surface area contributed by atoms with Gasteiger partial charge in [0.25, 0.3) is 0 Å². The van der Waals surface area contributed by atoms with E-state index in [9.17, 15) is 13.2 Å². The summed E-state index contributed by atoms with van der Waals surface area (Å²) in [6.45, 7) is 0.649. The Morgan fingerprint density at radius 2 is 2.16 bits per heavy atom. The largest absolute Gasteiger partial charge is 0.480 e. The molecule has 0 spiro atoms. The first kappa shape index (κ1) is 15.1. The van der Waals surface area contributed by atoms with Crippen LogP contribution in [0.2, 0.25) is 0 Å². The Hall–Kier alpha value is -1.95. The molecule has 0 amide bonds. The Labute approximate surface area is 110 Å². The summed E-state index contributed by atoms with van der Waals surface area (Å²) in [4.78, 5) is 10.5. The molecule has 1 rings (SSSR count). The first-order valence-corrected chi connectivity index (χ1v) is 6.67. The second kappa shape index (κ2) is 5.79. The highest BCUT2D eigenvalue weighted by Crippen LogP contribution is 2.17. The van der Waals surface area contributed by atoms with Crippen molar-refractivity contribution in [1.29, 1.82) is 5.26 Å². The molecule has 7 nitrogen and oxygen atoms in total. The number of nitrogens with zero attached hydrogens (tertiary/aromatic N) is 1. The van der Waals surface area contributed by atoms with E-state index in [0.717, 1.165) is 6.07 Å².